The summed E-state index contributed by atoms with van der Waals surface area (Å²) in [6.07, 6.45) is 8.26. The number of rotatable bonds is 9. The first-order valence-electron chi connectivity index (χ1n) is 13.6. The van der Waals surface area contributed by atoms with Gasteiger partial charge in [-0.3, -0.25) is 14.7 Å². The van der Waals surface area contributed by atoms with Gasteiger partial charge in [0.1, 0.15) is 30.0 Å². The van der Waals surface area contributed by atoms with E-state index in [1.807, 2.05) is 6.08 Å². The molecule has 1 amide bonds. The SMILES string of the molecule is N#Cc1cnc2cc(O)c(NC(=O)/C=C/CN3CCCCC3)cc2c1Nc1ccc(OCc2cccc(F)c2)c(Cl)c1. The molecule has 10 heteroatoms. The molecule has 0 atom stereocenters. The zero-order chi connectivity index (χ0) is 29.5. The van der Waals surface area contributed by atoms with Gasteiger partial charge in [-0.2, -0.15) is 5.26 Å². The predicted molar refractivity (Wildman–Crippen MR) is 162 cm³/mol. The van der Waals surface area contributed by atoms with E-state index in [1.54, 1.807) is 36.4 Å². The van der Waals surface area contributed by atoms with Gasteiger partial charge in [-0.25, -0.2) is 4.39 Å². The Bertz CT molecular complexity index is 1680. The molecule has 2 heterocycles. The summed E-state index contributed by atoms with van der Waals surface area (Å²) in [5.41, 5.74) is 2.54. The molecule has 0 saturated carbocycles. The van der Waals surface area contributed by atoms with Crippen LogP contribution in [0.25, 0.3) is 10.9 Å². The smallest absolute Gasteiger partial charge is 0.248 e. The van der Waals surface area contributed by atoms with Gasteiger partial charge < -0.3 is 20.5 Å². The third-order valence-corrected chi connectivity index (χ3v) is 7.23. The average Bonchev–Trinajstić information content (AvgIpc) is 2.98. The van der Waals surface area contributed by atoms with E-state index in [0.29, 0.717) is 45.2 Å². The van der Waals surface area contributed by atoms with Crippen LogP contribution < -0.4 is 15.4 Å². The van der Waals surface area contributed by atoms with Gasteiger partial charge in [0.15, 0.2) is 0 Å². The molecule has 5 rings (SSSR count). The van der Waals surface area contributed by atoms with Crippen molar-refractivity contribution in [1.29, 1.82) is 5.26 Å². The van der Waals surface area contributed by atoms with Crippen LogP contribution in [0, 0.1) is 17.1 Å². The number of aromatic nitrogens is 1. The van der Waals surface area contributed by atoms with Crippen molar-refractivity contribution in [2.24, 2.45) is 0 Å². The molecule has 1 aliphatic heterocycles. The van der Waals surface area contributed by atoms with Crippen molar-refractivity contribution in [3.8, 4) is 17.6 Å². The fourth-order valence-corrected chi connectivity index (χ4v) is 5.04. The predicted octanol–water partition coefficient (Wildman–Crippen LogP) is 6.91. The molecular formula is C32H29ClFN5O3. The number of fused-ring (bicyclic) bond motifs is 1. The van der Waals surface area contributed by atoms with Gasteiger partial charge in [-0.05, 0) is 67.9 Å². The number of aromatic hydroxyl groups is 1. The third kappa shape index (κ3) is 7.16. The Hall–Kier alpha value is -4.65. The normalized spacial score (nSPS) is 13.6. The summed E-state index contributed by atoms with van der Waals surface area (Å²) in [7, 11) is 0. The third-order valence-electron chi connectivity index (χ3n) is 6.93. The summed E-state index contributed by atoms with van der Waals surface area (Å²) in [6, 6.07) is 16.3. The zero-order valence-electron chi connectivity index (χ0n) is 22.7. The molecule has 0 radical (unpaired) electrons. The number of ether oxygens (including phenoxy) is 1. The van der Waals surface area contributed by atoms with Gasteiger partial charge in [0.05, 0.1) is 27.5 Å². The monoisotopic (exact) mass is 585 g/mol. The van der Waals surface area contributed by atoms with Crippen molar-refractivity contribution in [2.75, 3.05) is 30.3 Å². The molecule has 0 bridgehead atoms. The number of phenols is 1. The number of amides is 1. The minimum atomic E-state index is -0.374. The van der Waals surface area contributed by atoms with Crippen LogP contribution in [0.3, 0.4) is 0 Å². The lowest BCUT2D eigenvalue weighted by atomic mass is 10.1. The van der Waals surface area contributed by atoms with Gasteiger partial charge >= 0.3 is 0 Å². The van der Waals surface area contributed by atoms with Crippen LogP contribution in [0.5, 0.6) is 11.5 Å². The Morgan fingerprint density at radius 3 is 2.76 bits per heavy atom. The number of pyridine rings is 1. The topological polar surface area (TPSA) is 111 Å². The molecule has 1 fully saturated rings. The first-order valence-corrected chi connectivity index (χ1v) is 14.0. The molecule has 3 aromatic carbocycles. The van der Waals surface area contributed by atoms with Gasteiger partial charge in [0.25, 0.3) is 0 Å². The maximum absolute atomic E-state index is 13.5. The summed E-state index contributed by atoms with van der Waals surface area (Å²) < 4.78 is 19.2. The molecule has 214 valence electrons. The van der Waals surface area contributed by atoms with Crippen LogP contribution in [0.15, 0.2) is 72.9 Å². The largest absolute Gasteiger partial charge is 0.506 e. The number of benzene rings is 3. The van der Waals surface area contributed by atoms with Gasteiger partial charge in [0.2, 0.25) is 5.91 Å². The molecule has 8 nitrogen and oxygen atoms in total. The molecule has 1 aromatic heterocycles. The molecule has 1 aliphatic rings. The van der Waals surface area contributed by atoms with Crippen LogP contribution in [0.2, 0.25) is 5.02 Å². The summed E-state index contributed by atoms with van der Waals surface area (Å²) in [5, 5.41) is 27.1. The standard InChI is InChI=1S/C32H29ClFN5O3/c33-26-15-24(9-10-30(26)42-20-21-6-4-7-23(34)14-21)37-32-22(18-35)19-36-27-17-29(40)28(16-25(27)32)38-31(41)8-5-13-39-11-2-1-3-12-39/h4-10,14-17,19,40H,1-3,11-13,20H2,(H,36,37)(H,38,41)/b8-5+. The van der Waals surface area contributed by atoms with Crippen LogP contribution >= 0.6 is 11.6 Å². The van der Waals surface area contributed by atoms with Gasteiger partial charge in [-0.15, -0.1) is 0 Å². The second kappa shape index (κ2) is 13.3. The summed E-state index contributed by atoms with van der Waals surface area (Å²) in [4.78, 5) is 19.2. The van der Waals surface area contributed by atoms with Crippen LogP contribution in [0.1, 0.15) is 30.4 Å². The number of piperidine rings is 1. The molecule has 1 saturated heterocycles. The van der Waals surface area contributed by atoms with E-state index in [9.17, 15) is 19.6 Å². The molecule has 42 heavy (non-hydrogen) atoms. The Morgan fingerprint density at radius 1 is 1.17 bits per heavy atom. The number of likely N-dealkylation sites (tertiary alicyclic amines) is 1. The van der Waals surface area contributed by atoms with Crippen molar-refractivity contribution in [2.45, 2.75) is 25.9 Å². The zero-order valence-corrected chi connectivity index (χ0v) is 23.5. The number of nitrogens with zero attached hydrogens (tertiary/aromatic N) is 3. The van der Waals surface area contributed by atoms with Crippen LogP contribution in [-0.2, 0) is 11.4 Å². The number of nitrogens with one attached hydrogen (secondary N) is 2. The molecule has 0 unspecified atom stereocenters. The number of anilines is 3. The fourth-order valence-electron chi connectivity index (χ4n) is 4.80. The Morgan fingerprint density at radius 2 is 2.00 bits per heavy atom. The number of hydrogen-bond donors (Lipinski definition) is 3. The van der Waals surface area contributed by atoms with E-state index < -0.39 is 0 Å². The van der Waals surface area contributed by atoms with Crippen molar-refractivity contribution in [1.82, 2.24) is 9.88 Å². The number of nitriles is 1. The Kier molecular flexibility index (Phi) is 9.17. The molecule has 4 aromatic rings. The lowest BCUT2D eigenvalue weighted by Crippen LogP contribution is -2.29. The van der Waals surface area contributed by atoms with Crippen molar-refractivity contribution in [3.63, 3.8) is 0 Å². The first-order chi connectivity index (χ1) is 20.4. The quantitative estimate of drug-likeness (QED) is 0.145. The molecule has 0 aliphatic carbocycles. The van der Waals surface area contributed by atoms with E-state index >= 15 is 0 Å². The number of carbonyl (C=O) groups is 1. The second-order valence-corrected chi connectivity index (χ2v) is 10.4. The second-order valence-electron chi connectivity index (χ2n) is 9.99. The Balaban J connectivity index is 1.34. The highest BCUT2D eigenvalue weighted by atomic mass is 35.5. The minimum Gasteiger partial charge on any atom is -0.506 e. The maximum atomic E-state index is 13.5. The lowest BCUT2D eigenvalue weighted by Gasteiger charge is -2.24. The number of phenolic OH excluding ortho intramolecular Hbond substituents is 1. The minimum absolute atomic E-state index is 0.142. The van der Waals surface area contributed by atoms with E-state index in [4.69, 9.17) is 16.3 Å². The van der Waals surface area contributed by atoms with Crippen LogP contribution in [0.4, 0.5) is 21.5 Å². The highest BCUT2D eigenvalue weighted by molar-refractivity contribution is 6.32. The maximum Gasteiger partial charge on any atom is 0.248 e. The average molecular weight is 586 g/mol. The first kappa shape index (κ1) is 28.9. The summed E-state index contributed by atoms with van der Waals surface area (Å²) >= 11 is 6.47. The summed E-state index contributed by atoms with van der Waals surface area (Å²) in [6.45, 7) is 2.88. The Labute approximate surface area is 248 Å². The van der Waals surface area contributed by atoms with Gasteiger partial charge in [-0.1, -0.05) is 36.2 Å². The van der Waals surface area contributed by atoms with E-state index in [-0.39, 0.29) is 35.3 Å². The number of carbonyl (C=O) groups excluding carboxylic acids is 1. The highest BCUT2D eigenvalue weighted by Crippen LogP contribution is 2.37. The fraction of sp³-hybridized carbons (Fsp3) is 0.219. The van der Waals surface area contributed by atoms with E-state index in [0.717, 1.165) is 13.1 Å². The van der Waals surface area contributed by atoms with Crippen molar-refractivity contribution < 1.29 is 19.0 Å². The molecular weight excluding hydrogens is 557 g/mol. The van der Waals surface area contributed by atoms with Crippen molar-refractivity contribution in [3.05, 3.63) is 94.9 Å². The highest BCUT2D eigenvalue weighted by Gasteiger charge is 2.15. The van der Waals surface area contributed by atoms with Gasteiger partial charge in [0, 0.05) is 36.0 Å². The molecule has 3 N–H and O–H groups in total. The number of hydrogen-bond acceptors (Lipinski definition) is 7. The summed E-state index contributed by atoms with van der Waals surface area (Å²) in [5.74, 6) is -0.456. The molecule has 0 spiro atoms. The van der Waals surface area contributed by atoms with Crippen LogP contribution in [-0.4, -0.2) is 40.5 Å². The van der Waals surface area contributed by atoms with E-state index in [2.05, 4.69) is 26.6 Å². The lowest BCUT2D eigenvalue weighted by molar-refractivity contribution is -0.111. The van der Waals surface area contributed by atoms with Crippen molar-refractivity contribution >= 4 is 45.5 Å². The number of halogens is 2. The van der Waals surface area contributed by atoms with E-state index in [1.165, 1.54) is 49.7 Å².